The minimum Gasteiger partial charge on any atom is -0.334 e. The van der Waals surface area contributed by atoms with Gasteiger partial charge >= 0.3 is 0 Å². The normalized spacial score (nSPS) is 17.6. The number of rotatable bonds is 5. The summed E-state index contributed by atoms with van der Waals surface area (Å²) in [5, 5.41) is 0.607. The molecule has 166 valence electrons. The van der Waals surface area contributed by atoms with E-state index in [9.17, 15) is 4.79 Å². The molecule has 0 amide bonds. The first-order valence-electron chi connectivity index (χ1n) is 11.3. The third-order valence-electron chi connectivity index (χ3n) is 6.30. The van der Waals surface area contributed by atoms with Gasteiger partial charge < -0.3 is 4.90 Å². The highest BCUT2D eigenvalue weighted by Crippen LogP contribution is 2.43. The maximum atomic E-state index is 13.8. The molecule has 4 aromatic carbocycles. The molecule has 3 heteroatoms. The van der Waals surface area contributed by atoms with Gasteiger partial charge in [0, 0.05) is 28.0 Å². The summed E-state index contributed by atoms with van der Waals surface area (Å²) < 4.78 is 0. The van der Waals surface area contributed by atoms with Crippen molar-refractivity contribution in [1.29, 1.82) is 0 Å². The van der Waals surface area contributed by atoms with Gasteiger partial charge in [-0.15, -0.1) is 0 Å². The van der Waals surface area contributed by atoms with Crippen LogP contribution in [-0.4, -0.2) is 5.78 Å². The molecule has 0 spiro atoms. The quantitative estimate of drug-likeness (QED) is 0.281. The fourth-order valence-electron chi connectivity index (χ4n) is 4.48. The van der Waals surface area contributed by atoms with Gasteiger partial charge in [-0.1, -0.05) is 90.5 Å². The highest BCUT2D eigenvalue weighted by atomic mass is 35.5. The Balaban J connectivity index is 1.74. The lowest BCUT2D eigenvalue weighted by molar-refractivity contribution is 0.103. The first-order valence-corrected chi connectivity index (χ1v) is 11.6. The average molecular weight is 462 g/mol. The van der Waals surface area contributed by atoms with Gasteiger partial charge in [-0.2, -0.15) is 0 Å². The van der Waals surface area contributed by atoms with Crippen LogP contribution in [-0.2, 0) is 5.54 Å². The summed E-state index contributed by atoms with van der Waals surface area (Å²) in [6.45, 7) is 2.19. The summed E-state index contributed by atoms with van der Waals surface area (Å²) in [5.41, 5.74) is 4.82. The van der Waals surface area contributed by atoms with Gasteiger partial charge in [0.1, 0.15) is 0 Å². The number of anilines is 1. The Labute approximate surface area is 205 Å². The zero-order valence-corrected chi connectivity index (χ0v) is 19.6. The van der Waals surface area contributed by atoms with E-state index in [1.807, 2.05) is 48.7 Å². The van der Waals surface area contributed by atoms with Gasteiger partial charge in [-0.3, -0.25) is 4.79 Å². The first-order chi connectivity index (χ1) is 16.6. The number of nitrogens with zero attached hydrogens (tertiary/aromatic N) is 1. The second-order valence-electron chi connectivity index (χ2n) is 8.52. The molecule has 0 aliphatic carbocycles. The number of benzene rings is 4. The largest absolute Gasteiger partial charge is 0.334 e. The Morgan fingerprint density at radius 2 is 1.29 bits per heavy atom. The van der Waals surface area contributed by atoms with Gasteiger partial charge in [0.25, 0.3) is 0 Å². The number of hydrogen-bond acceptors (Lipinski definition) is 2. The number of carbonyl (C=O) groups excluding carboxylic acids is 1. The fraction of sp³-hybridized carbons (Fsp3) is 0.0645. The van der Waals surface area contributed by atoms with Crippen molar-refractivity contribution >= 4 is 28.6 Å². The van der Waals surface area contributed by atoms with Crippen molar-refractivity contribution in [2.75, 3.05) is 4.90 Å². The number of ketones is 1. The highest BCUT2D eigenvalue weighted by Gasteiger charge is 2.37. The zero-order valence-electron chi connectivity index (χ0n) is 18.9. The maximum Gasteiger partial charge on any atom is 0.195 e. The van der Waals surface area contributed by atoms with E-state index in [-0.39, 0.29) is 5.78 Å². The first kappa shape index (κ1) is 21.9. The van der Waals surface area contributed by atoms with Crippen molar-refractivity contribution < 1.29 is 4.79 Å². The van der Waals surface area contributed by atoms with E-state index >= 15 is 0 Å². The number of para-hydroxylation sites is 1. The predicted octanol–water partition coefficient (Wildman–Crippen LogP) is 7.93. The van der Waals surface area contributed by atoms with E-state index in [1.54, 1.807) is 24.3 Å². The molecule has 0 saturated heterocycles. The molecule has 5 rings (SSSR count). The Morgan fingerprint density at radius 1 is 0.735 bits per heavy atom. The van der Waals surface area contributed by atoms with E-state index in [2.05, 4.69) is 66.4 Å². The van der Waals surface area contributed by atoms with Crippen LogP contribution in [0.5, 0.6) is 0 Å². The van der Waals surface area contributed by atoms with Crippen molar-refractivity contribution in [3.8, 4) is 0 Å². The summed E-state index contributed by atoms with van der Waals surface area (Å²) in [6, 6.07) is 37.8. The van der Waals surface area contributed by atoms with Crippen LogP contribution >= 0.6 is 11.6 Å². The van der Waals surface area contributed by atoms with Crippen molar-refractivity contribution in [2.45, 2.75) is 12.5 Å². The topological polar surface area (TPSA) is 20.3 Å². The number of carbonyl (C=O) groups is 1. The van der Waals surface area contributed by atoms with E-state index in [1.165, 1.54) is 0 Å². The number of Topliss-reactive ketones (excluding diaryl/α,β-unsaturated/α-hetero) is 1. The van der Waals surface area contributed by atoms with Crippen molar-refractivity contribution in [3.05, 3.63) is 155 Å². The molecule has 0 N–H and O–H groups in total. The van der Waals surface area contributed by atoms with Crippen LogP contribution in [0.15, 0.2) is 133 Å². The molecule has 1 aliphatic heterocycles. The molecule has 4 aromatic rings. The van der Waals surface area contributed by atoms with Crippen LogP contribution in [0.2, 0.25) is 5.02 Å². The minimum absolute atomic E-state index is 0.0391. The summed E-state index contributed by atoms with van der Waals surface area (Å²) in [6.07, 6.45) is 4.22. The van der Waals surface area contributed by atoms with Crippen LogP contribution in [0, 0.1) is 0 Å². The van der Waals surface area contributed by atoms with E-state index in [4.69, 9.17) is 11.6 Å². The van der Waals surface area contributed by atoms with Gasteiger partial charge in [0.2, 0.25) is 0 Å². The lowest BCUT2D eigenvalue weighted by Gasteiger charge is -2.43. The van der Waals surface area contributed by atoms with Crippen molar-refractivity contribution in [1.82, 2.24) is 0 Å². The van der Waals surface area contributed by atoms with Gasteiger partial charge in [-0.25, -0.2) is 0 Å². The standard InChI is InChI=1S/C31H24ClNO/c1-31(25-13-7-3-8-14-25)21-28(23-11-5-2-6-12-23)29(22-33(31)27-15-9-4-10-16-27)30(34)24-17-19-26(32)20-18-24/h2-22H,1H3. The Hall–Kier alpha value is -3.88. The molecule has 0 saturated carbocycles. The molecular weight excluding hydrogens is 438 g/mol. The molecule has 0 aromatic heterocycles. The summed E-state index contributed by atoms with van der Waals surface area (Å²) >= 11 is 6.09. The van der Waals surface area contributed by atoms with E-state index < -0.39 is 5.54 Å². The number of allylic oxidation sites excluding steroid dienone is 2. The van der Waals surface area contributed by atoms with Crippen molar-refractivity contribution in [2.24, 2.45) is 0 Å². The number of hydrogen-bond donors (Lipinski definition) is 0. The van der Waals surface area contributed by atoms with Crippen LogP contribution in [0.1, 0.15) is 28.4 Å². The molecule has 1 unspecified atom stereocenters. The zero-order chi connectivity index (χ0) is 23.5. The van der Waals surface area contributed by atoms with Crippen LogP contribution in [0.3, 0.4) is 0 Å². The highest BCUT2D eigenvalue weighted by molar-refractivity contribution is 6.30. The molecular formula is C31H24ClNO. The average Bonchev–Trinajstić information content (AvgIpc) is 2.90. The lowest BCUT2D eigenvalue weighted by atomic mass is 9.80. The predicted molar refractivity (Wildman–Crippen MR) is 141 cm³/mol. The van der Waals surface area contributed by atoms with Crippen molar-refractivity contribution in [3.63, 3.8) is 0 Å². The minimum atomic E-state index is -0.502. The van der Waals surface area contributed by atoms with Crippen LogP contribution < -0.4 is 4.90 Å². The Morgan fingerprint density at radius 3 is 1.91 bits per heavy atom. The molecule has 1 atom stereocenters. The third kappa shape index (κ3) is 4.09. The van der Waals surface area contributed by atoms with Gasteiger partial charge in [-0.05, 0) is 66.1 Å². The molecule has 0 bridgehead atoms. The van der Waals surface area contributed by atoms with Gasteiger partial charge in [0.15, 0.2) is 5.78 Å². The third-order valence-corrected chi connectivity index (χ3v) is 6.55. The molecule has 0 radical (unpaired) electrons. The van der Waals surface area contributed by atoms with Crippen LogP contribution in [0.25, 0.3) is 5.57 Å². The SMILES string of the molecule is CC1(c2ccccc2)C=C(c2ccccc2)C(C(=O)c2ccc(Cl)cc2)=CN1c1ccccc1. The Kier molecular flexibility index (Phi) is 5.91. The second kappa shape index (κ2) is 9.17. The summed E-state index contributed by atoms with van der Waals surface area (Å²) in [5.74, 6) is -0.0391. The maximum absolute atomic E-state index is 13.8. The van der Waals surface area contributed by atoms with E-state index in [0.29, 0.717) is 16.2 Å². The monoisotopic (exact) mass is 461 g/mol. The van der Waals surface area contributed by atoms with E-state index in [0.717, 1.165) is 22.4 Å². The second-order valence-corrected chi connectivity index (χ2v) is 8.96. The van der Waals surface area contributed by atoms with Gasteiger partial charge in [0.05, 0.1) is 5.54 Å². The number of halogens is 1. The molecule has 0 fully saturated rings. The molecule has 34 heavy (non-hydrogen) atoms. The molecule has 2 nitrogen and oxygen atoms in total. The molecule has 1 aliphatic rings. The Bertz CT molecular complexity index is 1360. The smallest absolute Gasteiger partial charge is 0.195 e. The lowest BCUT2D eigenvalue weighted by Crippen LogP contribution is -2.42. The van der Waals surface area contributed by atoms with Crippen LogP contribution in [0.4, 0.5) is 5.69 Å². The fourth-order valence-corrected chi connectivity index (χ4v) is 4.61. The molecule has 1 heterocycles. The summed E-state index contributed by atoms with van der Waals surface area (Å²) in [7, 11) is 0. The summed E-state index contributed by atoms with van der Waals surface area (Å²) in [4.78, 5) is 16.0.